The lowest BCUT2D eigenvalue weighted by Gasteiger charge is -2.48. The van der Waals surface area contributed by atoms with E-state index in [0.29, 0.717) is 28.2 Å². The Morgan fingerprint density at radius 2 is 1.52 bits per heavy atom. The molecule has 0 radical (unpaired) electrons. The van der Waals surface area contributed by atoms with Gasteiger partial charge in [0.2, 0.25) is 17.4 Å². The number of benzene rings is 3. The number of aliphatic imine (C=N–C) groups is 3. The van der Waals surface area contributed by atoms with E-state index in [2.05, 4.69) is 10.3 Å². The van der Waals surface area contributed by atoms with E-state index in [1.165, 1.54) is 25.5 Å². The number of fused-ring (bicyclic) bond motifs is 1. The average Bonchev–Trinajstić information content (AvgIpc) is 3.63. The number of amidine groups is 1. The Labute approximate surface area is 277 Å². The first-order valence-corrected chi connectivity index (χ1v) is 15.5. The molecule has 1 unspecified atom stereocenters. The van der Waals surface area contributed by atoms with Gasteiger partial charge in [0.15, 0.2) is 12.1 Å². The third-order valence-electron chi connectivity index (χ3n) is 8.99. The molecule has 250 valence electrons. The second-order valence-electron chi connectivity index (χ2n) is 11.9. The number of nitrogens with one attached hydrogen (secondary N) is 1. The monoisotopic (exact) mass is 655 g/mol. The van der Waals surface area contributed by atoms with Crippen molar-refractivity contribution in [2.75, 3.05) is 20.8 Å². The molecule has 0 spiro atoms. The van der Waals surface area contributed by atoms with E-state index < -0.39 is 59.8 Å². The molecule has 48 heavy (non-hydrogen) atoms. The molecular weight excluding hydrogens is 618 g/mol. The third-order valence-corrected chi connectivity index (χ3v) is 8.99. The second kappa shape index (κ2) is 12.9. The summed E-state index contributed by atoms with van der Waals surface area (Å²) in [5, 5.41) is 34.4. The summed E-state index contributed by atoms with van der Waals surface area (Å²) in [6.07, 6.45) is -4.16. The van der Waals surface area contributed by atoms with Crippen LogP contribution in [0.3, 0.4) is 0 Å². The highest BCUT2D eigenvalue weighted by Crippen LogP contribution is 2.57. The molecule has 0 aromatic heterocycles. The lowest BCUT2D eigenvalue weighted by Crippen LogP contribution is -2.65. The summed E-state index contributed by atoms with van der Waals surface area (Å²) >= 11 is 0. The molecule has 3 aromatic carbocycles. The Morgan fingerprint density at radius 3 is 2.06 bits per heavy atom. The number of aliphatic hydroxyl groups excluding tert-OH is 3. The first-order chi connectivity index (χ1) is 23.1. The molecule has 0 bridgehead atoms. The van der Waals surface area contributed by atoms with Crippen LogP contribution in [-0.2, 0) is 19.7 Å². The number of methoxy groups -OCH3 is 2. The van der Waals surface area contributed by atoms with Crippen LogP contribution in [0.4, 0.5) is 0 Å². The Hall–Kier alpha value is -4.95. The molecule has 2 amide bonds. The van der Waals surface area contributed by atoms with Gasteiger partial charge in [-0.3, -0.25) is 19.8 Å². The number of carbonyl (C=O) groups is 2. The summed E-state index contributed by atoms with van der Waals surface area (Å²) in [7, 11) is 3.04. The van der Waals surface area contributed by atoms with Crippen molar-refractivity contribution in [3.8, 4) is 11.5 Å². The molecule has 13 nitrogen and oxygen atoms in total. The number of guanidine groups is 1. The Kier molecular flexibility index (Phi) is 8.88. The fourth-order valence-corrected chi connectivity index (χ4v) is 6.72. The average molecular weight is 656 g/mol. The molecular formula is C35H37N5O8. The van der Waals surface area contributed by atoms with Gasteiger partial charge in [-0.1, -0.05) is 80.6 Å². The van der Waals surface area contributed by atoms with Gasteiger partial charge in [0.1, 0.15) is 29.8 Å². The Morgan fingerprint density at radius 1 is 0.938 bits per heavy atom. The SMILES string of the molecule is COc1ccccc1C(c1ccccc1)(c1ccccc1OC)C12N=CN([C@@H]3O[C@H](CO)[C@@H](O)[C@H]3O)C1=NC(NC(=O)C(C)C)=NC2=O. The molecule has 6 rings (SSSR count). The molecule has 3 aliphatic rings. The van der Waals surface area contributed by atoms with Crippen molar-refractivity contribution in [2.24, 2.45) is 20.9 Å². The topological polar surface area (TPSA) is 175 Å². The van der Waals surface area contributed by atoms with Crippen molar-refractivity contribution in [3.63, 3.8) is 0 Å². The van der Waals surface area contributed by atoms with E-state index >= 15 is 4.79 Å². The predicted octanol–water partition coefficient (Wildman–Crippen LogP) is 1.63. The van der Waals surface area contributed by atoms with E-state index in [9.17, 15) is 20.1 Å². The smallest absolute Gasteiger partial charge is 0.286 e. The van der Waals surface area contributed by atoms with Crippen LogP contribution in [0.2, 0.25) is 0 Å². The van der Waals surface area contributed by atoms with Crippen molar-refractivity contribution < 1.29 is 39.1 Å². The number of nitrogens with zero attached hydrogens (tertiary/aromatic N) is 4. The number of para-hydroxylation sites is 2. The molecule has 5 atom stereocenters. The first kappa shape index (κ1) is 33.0. The maximum Gasteiger partial charge on any atom is 0.286 e. The standard InChI is InChI=1S/C35H37N5O8/c1-20(2)29(44)37-33-38-31-35(32(45)39-33,36-19-40(31)30-28(43)27(42)26(18-41)48-30)34(21-12-6-5-7-13-21,22-14-8-10-16-24(22)46-3)23-15-9-11-17-25(23)47-4/h5-17,19-20,26-28,30,41-43H,18H2,1-4H3,(H,37,39,44,45)/t26-,27-,28-,30-,35?/m1/s1. The molecule has 1 fully saturated rings. The molecule has 0 saturated carbocycles. The first-order valence-electron chi connectivity index (χ1n) is 15.5. The zero-order chi connectivity index (χ0) is 34.2. The maximum absolute atomic E-state index is 15.1. The van der Waals surface area contributed by atoms with E-state index in [4.69, 9.17) is 24.2 Å². The summed E-state index contributed by atoms with van der Waals surface area (Å²) in [4.78, 5) is 43.4. The van der Waals surface area contributed by atoms with Gasteiger partial charge in [-0.2, -0.15) is 9.98 Å². The number of hydrogen-bond donors (Lipinski definition) is 4. The molecule has 13 heteroatoms. The number of ether oxygens (including phenoxy) is 3. The van der Waals surface area contributed by atoms with Gasteiger partial charge < -0.3 is 29.5 Å². The predicted molar refractivity (Wildman–Crippen MR) is 176 cm³/mol. The van der Waals surface area contributed by atoms with Crippen LogP contribution in [0.25, 0.3) is 0 Å². The molecule has 3 aromatic rings. The highest BCUT2D eigenvalue weighted by Gasteiger charge is 2.69. The minimum atomic E-state index is -2.07. The van der Waals surface area contributed by atoms with Crippen LogP contribution >= 0.6 is 0 Å². The minimum Gasteiger partial charge on any atom is -0.496 e. The molecule has 3 aliphatic heterocycles. The van der Waals surface area contributed by atoms with Crippen molar-refractivity contribution >= 4 is 29.9 Å². The molecule has 4 N–H and O–H groups in total. The molecule has 3 heterocycles. The second-order valence-corrected chi connectivity index (χ2v) is 11.9. The van der Waals surface area contributed by atoms with E-state index in [1.54, 1.807) is 38.1 Å². The van der Waals surface area contributed by atoms with Crippen LogP contribution in [0.5, 0.6) is 11.5 Å². The van der Waals surface area contributed by atoms with Gasteiger partial charge in [0.05, 0.1) is 32.6 Å². The maximum atomic E-state index is 15.1. The summed E-state index contributed by atoms with van der Waals surface area (Å²) in [5.41, 5.74) is -2.10. The largest absolute Gasteiger partial charge is 0.496 e. The Bertz CT molecular complexity index is 1750. The summed E-state index contributed by atoms with van der Waals surface area (Å²) in [6.45, 7) is 2.79. The summed E-state index contributed by atoms with van der Waals surface area (Å²) < 4.78 is 17.8. The lowest BCUT2D eigenvalue weighted by molar-refractivity contribution is -0.122. The summed E-state index contributed by atoms with van der Waals surface area (Å²) in [6, 6.07) is 23.6. The van der Waals surface area contributed by atoms with E-state index in [1.807, 2.05) is 54.6 Å². The normalized spacial score (nSPS) is 25.1. The van der Waals surface area contributed by atoms with Gasteiger partial charge in [-0.15, -0.1) is 0 Å². The quantitative estimate of drug-likeness (QED) is 0.250. The fraction of sp³-hybridized carbons (Fsp3) is 0.343. The van der Waals surface area contributed by atoms with Crippen molar-refractivity contribution in [1.29, 1.82) is 0 Å². The molecule has 0 aliphatic carbocycles. The van der Waals surface area contributed by atoms with E-state index in [-0.39, 0.29) is 11.8 Å². The summed E-state index contributed by atoms with van der Waals surface area (Å²) in [5.74, 6) is -1.20. The number of carbonyl (C=O) groups excluding carboxylic acids is 2. The van der Waals surface area contributed by atoms with Crippen molar-refractivity contribution in [1.82, 2.24) is 10.2 Å². The van der Waals surface area contributed by atoms with Crippen molar-refractivity contribution in [3.05, 3.63) is 95.6 Å². The number of rotatable bonds is 9. The number of amides is 2. The van der Waals surface area contributed by atoms with E-state index in [0.717, 1.165) is 0 Å². The van der Waals surface area contributed by atoms with Crippen molar-refractivity contribution in [2.45, 2.75) is 49.3 Å². The van der Waals surface area contributed by atoms with Crippen LogP contribution in [0, 0.1) is 5.92 Å². The molecule has 1 saturated heterocycles. The third kappa shape index (κ3) is 4.89. The number of aliphatic hydroxyl groups is 3. The zero-order valence-corrected chi connectivity index (χ0v) is 26.8. The van der Waals surface area contributed by atoms with Crippen LogP contribution in [0.1, 0.15) is 30.5 Å². The highest BCUT2D eigenvalue weighted by molar-refractivity contribution is 6.28. The van der Waals surface area contributed by atoms with Crippen LogP contribution < -0.4 is 14.8 Å². The van der Waals surface area contributed by atoms with Crippen LogP contribution in [0.15, 0.2) is 93.8 Å². The number of hydrogen-bond acceptors (Lipinski definition) is 11. The van der Waals surface area contributed by atoms with Gasteiger partial charge in [0.25, 0.3) is 5.91 Å². The van der Waals surface area contributed by atoms with Gasteiger partial charge in [-0.05, 0) is 17.7 Å². The highest BCUT2D eigenvalue weighted by atomic mass is 16.6. The van der Waals surface area contributed by atoms with Gasteiger partial charge in [0, 0.05) is 17.0 Å². The van der Waals surface area contributed by atoms with Gasteiger partial charge >= 0.3 is 0 Å². The minimum absolute atomic E-state index is 0.0583. The lowest BCUT2D eigenvalue weighted by atomic mass is 9.56. The Balaban J connectivity index is 1.73. The zero-order valence-electron chi connectivity index (χ0n) is 26.8. The van der Waals surface area contributed by atoms with Gasteiger partial charge in [-0.25, -0.2) is 4.99 Å². The fourth-order valence-electron chi connectivity index (χ4n) is 6.72. The van der Waals surface area contributed by atoms with Crippen LogP contribution in [-0.4, -0.2) is 101 Å².